The topological polar surface area (TPSA) is 95.5 Å². The van der Waals surface area contributed by atoms with Crippen LogP contribution in [0.3, 0.4) is 0 Å². The molecule has 1 fully saturated rings. The van der Waals surface area contributed by atoms with E-state index >= 15 is 0 Å². The molecule has 2 atom stereocenters. The molecule has 0 radical (unpaired) electrons. The number of hydrogen-bond acceptors (Lipinski definition) is 5. The van der Waals surface area contributed by atoms with Crippen LogP contribution in [0.1, 0.15) is 24.9 Å². The Morgan fingerprint density at radius 3 is 2.95 bits per heavy atom. The van der Waals surface area contributed by atoms with Crippen LogP contribution in [0, 0.1) is 0 Å². The second-order valence-corrected chi connectivity index (χ2v) is 7.58. The summed E-state index contributed by atoms with van der Waals surface area (Å²) in [6.07, 6.45) is 0.127. The van der Waals surface area contributed by atoms with Crippen molar-refractivity contribution in [2.24, 2.45) is 0 Å². The number of hydrogen-bond donors (Lipinski definition) is 3. The van der Waals surface area contributed by atoms with Crippen molar-refractivity contribution < 1.29 is 18.3 Å². The van der Waals surface area contributed by atoms with Gasteiger partial charge in [0.1, 0.15) is 5.75 Å². The molecule has 1 amide bonds. The molecule has 1 aromatic rings. The number of phenols is 1. The van der Waals surface area contributed by atoms with E-state index in [9.17, 15) is 18.3 Å². The van der Waals surface area contributed by atoms with Gasteiger partial charge in [-0.2, -0.15) is 0 Å². The Balaban J connectivity index is 1.89. The Bertz CT molecular complexity index is 615. The predicted molar refractivity (Wildman–Crippen MR) is 79.7 cm³/mol. The Morgan fingerprint density at radius 2 is 2.29 bits per heavy atom. The number of sulfone groups is 1. The van der Waals surface area contributed by atoms with E-state index in [2.05, 4.69) is 10.6 Å². The summed E-state index contributed by atoms with van der Waals surface area (Å²) in [7, 11) is -3.04. The third-order valence-electron chi connectivity index (χ3n) is 3.48. The molecule has 0 bridgehead atoms. The summed E-state index contributed by atoms with van der Waals surface area (Å²) in [4.78, 5) is 12.0. The Labute approximate surface area is 124 Å². The zero-order valence-electron chi connectivity index (χ0n) is 11.9. The van der Waals surface area contributed by atoms with Crippen molar-refractivity contribution in [2.75, 3.05) is 18.1 Å². The lowest BCUT2D eigenvalue weighted by Crippen LogP contribution is -2.47. The van der Waals surface area contributed by atoms with Crippen LogP contribution in [0.5, 0.6) is 5.75 Å². The van der Waals surface area contributed by atoms with Gasteiger partial charge in [0.15, 0.2) is 9.84 Å². The zero-order chi connectivity index (χ0) is 15.5. The monoisotopic (exact) mass is 312 g/mol. The second kappa shape index (κ2) is 6.44. The Kier molecular flexibility index (Phi) is 4.84. The second-order valence-electron chi connectivity index (χ2n) is 5.35. The van der Waals surface area contributed by atoms with Crippen molar-refractivity contribution in [2.45, 2.75) is 25.4 Å². The molecule has 21 heavy (non-hydrogen) atoms. The highest BCUT2D eigenvalue weighted by atomic mass is 32.2. The van der Waals surface area contributed by atoms with Crippen molar-refractivity contribution in [3.8, 4) is 5.75 Å². The van der Waals surface area contributed by atoms with E-state index in [1.165, 1.54) is 0 Å². The highest BCUT2D eigenvalue weighted by Crippen LogP contribution is 2.18. The van der Waals surface area contributed by atoms with E-state index in [-0.39, 0.29) is 41.7 Å². The summed E-state index contributed by atoms with van der Waals surface area (Å²) in [6, 6.07) is 6.10. The van der Waals surface area contributed by atoms with Gasteiger partial charge in [-0.1, -0.05) is 12.1 Å². The number of carbonyl (C=O) groups is 1. The quantitative estimate of drug-likeness (QED) is 0.745. The fraction of sp³-hybridized carbons (Fsp3) is 0.500. The lowest BCUT2D eigenvalue weighted by atomic mass is 10.1. The molecule has 6 nitrogen and oxygen atoms in total. The largest absolute Gasteiger partial charge is 0.508 e. The molecule has 1 saturated heterocycles. The molecule has 0 spiro atoms. The average molecular weight is 312 g/mol. The van der Waals surface area contributed by atoms with Crippen molar-refractivity contribution in [3.63, 3.8) is 0 Å². The smallest absolute Gasteiger partial charge is 0.222 e. The van der Waals surface area contributed by atoms with Crippen molar-refractivity contribution in [1.29, 1.82) is 0 Å². The van der Waals surface area contributed by atoms with Gasteiger partial charge >= 0.3 is 0 Å². The van der Waals surface area contributed by atoms with Crippen molar-refractivity contribution in [3.05, 3.63) is 29.8 Å². The van der Waals surface area contributed by atoms with Crippen LogP contribution in [0.4, 0.5) is 0 Å². The number of phenolic OH excluding ortho intramolecular Hbond substituents is 1. The van der Waals surface area contributed by atoms with Crippen LogP contribution in [0.15, 0.2) is 24.3 Å². The predicted octanol–water partition coefficient (Wildman–Crippen LogP) is 0.346. The molecule has 3 N–H and O–H groups in total. The molecular formula is C14H20N2O4S. The van der Waals surface area contributed by atoms with E-state index < -0.39 is 9.84 Å². The maximum absolute atomic E-state index is 12.0. The summed E-state index contributed by atoms with van der Waals surface area (Å²) < 4.78 is 23.0. The molecule has 1 aromatic carbocycles. The number of nitrogens with one attached hydrogen (secondary N) is 2. The van der Waals surface area contributed by atoms with Gasteiger partial charge in [-0.15, -0.1) is 0 Å². The molecule has 7 heteroatoms. The van der Waals surface area contributed by atoms with Gasteiger partial charge in [0, 0.05) is 19.0 Å². The Hall–Kier alpha value is -1.60. The van der Waals surface area contributed by atoms with E-state index in [1.54, 1.807) is 18.2 Å². The first kappa shape index (κ1) is 15.8. The Morgan fingerprint density at radius 1 is 1.52 bits per heavy atom. The molecular weight excluding hydrogens is 292 g/mol. The fourth-order valence-corrected chi connectivity index (χ4v) is 3.84. The lowest BCUT2D eigenvalue weighted by Gasteiger charge is -2.24. The summed E-state index contributed by atoms with van der Waals surface area (Å²) in [5, 5.41) is 15.3. The number of carbonyl (C=O) groups excluding carboxylic acids is 1. The molecule has 1 heterocycles. The van der Waals surface area contributed by atoms with Crippen LogP contribution in [0.2, 0.25) is 0 Å². The molecule has 1 aliphatic heterocycles. The van der Waals surface area contributed by atoms with Gasteiger partial charge < -0.3 is 15.7 Å². The van der Waals surface area contributed by atoms with Crippen LogP contribution < -0.4 is 10.6 Å². The van der Waals surface area contributed by atoms with Gasteiger partial charge in [-0.25, -0.2) is 8.42 Å². The molecule has 0 saturated carbocycles. The lowest BCUT2D eigenvalue weighted by molar-refractivity contribution is -0.122. The van der Waals surface area contributed by atoms with Crippen LogP contribution in [-0.2, 0) is 14.6 Å². The maximum atomic E-state index is 12.0. The molecule has 0 aliphatic carbocycles. The molecule has 1 aliphatic rings. The van der Waals surface area contributed by atoms with Gasteiger partial charge in [0.05, 0.1) is 17.5 Å². The van der Waals surface area contributed by atoms with Gasteiger partial charge in [-0.05, 0) is 24.6 Å². The zero-order valence-corrected chi connectivity index (χ0v) is 12.7. The summed E-state index contributed by atoms with van der Waals surface area (Å²) >= 11 is 0. The molecule has 116 valence electrons. The number of aromatic hydroxyl groups is 1. The third kappa shape index (κ3) is 4.71. The average Bonchev–Trinajstić information content (AvgIpc) is 2.37. The van der Waals surface area contributed by atoms with Crippen LogP contribution in [-0.4, -0.2) is 43.5 Å². The molecule has 2 unspecified atom stereocenters. The SMILES string of the molecule is CC(NC(=O)CC1CS(=O)(=O)CCN1)c1cccc(O)c1. The first-order valence-corrected chi connectivity index (χ1v) is 8.70. The molecule has 0 aromatic heterocycles. The first-order valence-electron chi connectivity index (χ1n) is 6.88. The van der Waals surface area contributed by atoms with Gasteiger partial charge in [0.2, 0.25) is 5.91 Å². The minimum absolute atomic E-state index is 0.000919. The summed E-state index contributed by atoms with van der Waals surface area (Å²) in [5.41, 5.74) is 0.799. The highest BCUT2D eigenvalue weighted by molar-refractivity contribution is 7.91. The van der Waals surface area contributed by atoms with Crippen LogP contribution >= 0.6 is 0 Å². The summed E-state index contributed by atoms with van der Waals surface area (Å²) in [5.74, 6) is 0.0697. The third-order valence-corrected chi connectivity index (χ3v) is 5.22. The standard InChI is InChI=1S/C14H20N2O4S/c1-10(11-3-2-4-13(17)7-11)16-14(18)8-12-9-21(19,20)6-5-15-12/h2-4,7,10,12,15,17H,5-6,8-9H2,1H3,(H,16,18). The maximum Gasteiger partial charge on any atom is 0.222 e. The number of benzene rings is 1. The van der Waals surface area contributed by atoms with Crippen molar-refractivity contribution in [1.82, 2.24) is 10.6 Å². The normalized spacial score (nSPS) is 22.4. The van der Waals surface area contributed by atoms with Gasteiger partial charge in [-0.3, -0.25) is 4.79 Å². The fourth-order valence-electron chi connectivity index (χ4n) is 2.40. The van der Waals surface area contributed by atoms with E-state index in [0.717, 1.165) is 5.56 Å². The highest BCUT2D eigenvalue weighted by Gasteiger charge is 2.26. The van der Waals surface area contributed by atoms with E-state index in [4.69, 9.17) is 0 Å². The number of rotatable bonds is 4. The van der Waals surface area contributed by atoms with Crippen molar-refractivity contribution >= 4 is 15.7 Å². The van der Waals surface area contributed by atoms with E-state index in [0.29, 0.717) is 6.54 Å². The summed E-state index contributed by atoms with van der Waals surface area (Å²) in [6.45, 7) is 2.21. The van der Waals surface area contributed by atoms with Crippen LogP contribution in [0.25, 0.3) is 0 Å². The van der Waals surface area contributed by atoms with E-state index in [1.807, 2.05) is 13.0 Å². The number of amides is 1. The minimum Gasteiger partial charge on any atom is -0.508 e. The minimum atomic E-state index is -3.04. The first-order chi connectivity index (χ1) is 9.85. The molecule has 2 rings (SSSR count). The van der Waals surface area contributed by atoms with Gasteiger partial charge in [0.25, 0.3) is 0 Å².